The quantitative estimate of drug-likeness (QED) is 0.891. The van der Waals surface area contributed by atoms with E-state index < -0.39 is 23.0 Å². The van der Waals surface area contributed by atoms with E-state index in [1.807, 2.05) is 27.7 Å². The van der Waals surface area contributed by atoms with E-state index in [4.69, 9.17) is 11.6 Å². The van der Waals surface area contributed by atoms with Gasteiger partial charge in [-0.25, -0.2) is 9.78 Å². The maximum atomic E-state index is 12.6. The first-order valence-corrected chi connectivity index (χ1v) is 7.38. The summed E-state index contributed by atoms with van der Waals surface area (Å²) in [6.45, 7) is 7.64. The lowest BCUT2D eigenvalue weighted by molar-refractivity contribution is -0.140. The molecule has 2 N–H and O–H groups in total. The first kappa shape index (κ1) is 15.8. The van der Waals surface area contributed by atoms with Gasteiger partial charge in [0.25, 0.3) is 5.56 Å². The normalized spacial score (nSPS) is 20.9. The molecule has 1 aliphatic heterocycles. The van der Waals surface area contributed by atoms with Gasteiger partial charge >= 0.3 is 5.97 Å². The molecule has 1 aliphatic rings. The van der Waals surface area contributed by atoms with Crippen LogP contribution < -0.4 is 10.9 Å². The van der Waals surface area contributed by atoms with Crippen molar-refractivity contribution in [3.05, 3.63) is 21.2 Å². The zero-order chi connectivity index (χ0) is 15.9. The number of halogens is 1. The van der Waals surface area contributed by atoms with E-state index in [1.165, 1.54) is 4.57 Å². The van der Waals surface area contributed by atoms with Gasteiger partial charge in [0.1, 0.15) is 6.04 Å². The summed E-state index contributed by atoms with van der Waals surface area (Å²) in [4.78, 5) is 28.2. The molecule has 7 heteroatoms. The maximum Gasteiger partial charge on any atom is 0.326 e. The van der Waals surface area contributed by atoms with E-state index in [1.54, 1.807) is 0 Å². The fraction of sp³-hybridized carbons (Fsp3) is 0.643. The van der Waals surface area contributed by atoms with Crippen molar-refractivity contribution in [2.45, 2.75) is 58.0 Å². The lowest BCUT2D eigenvalue weighted by atomic mass is 9.87. The number of hydrogen-bond acceptors (Lipinski definition) is 4. The molecule has 0 saturated heterocycles. The maximum absolute atomic E-state index is 12.6. The van der Waals surface area contributed by atoms with Crippen LogP contribution in [-0.2, 0) is 10.2 Å². The molecule has 1 unspecified atom stereocenters. The van der Waals surface area contributed by atoms with Gasteiger partial charge in [-0.3, -0.25) is 9.36 Å². The number of nitrogens with one attached hydrogen (secondary N) is 1. The molecule has 0 amide bonds. The van der Waals surface area contributed by atoms with Gasteiger partial charge < -0.3 is 10.4 Å². The highest BCUT2D eigenvalue weighted by Gasteiger charge is 2.44. The predicted octanol–water partition coefficient (Wildman–Crippen LogP) is 2.41. The van der Waals surface area contributed by atoms with E-state index in [0.717, 1.165) is 6.42 Å². The Kier molecular flexibility index (Phi) is 4.02. The van der Waals surface area contributed by atoms with Gasteiger partial charge in [0, 0.05) is 11.5 Å². The number of carboxylic acids is 1. The summed E-state index contributed by atoms with van der Waals surface area (Å²) >= 11 is 6.22. The Bertz CT molecular complexity index is 639. The Balaban J connectivity index is 2.64. The number of carbonyl (C=O) groups is 1. The molecule has 0 fully saturated rings. The molecule has 6 nitrogen and oxygen atoms in total. The van der Waals surface area contributed by atoms with Gasteiger partial charge in [-0.15, -0.1) is 0 Å². The van der Waals surface area contributed by atoms with Gasteiger partial charge in [-0.1, -0.05) is 32.4 Å². The Morgan fingerprint density at radius 2 is 2.24 bits per heavy atom. The van der Waals surface area contributed by atoms with Crippen LogP contribution >= 0.6 is 11.6 Å². The third-order valence-corrected chi connectivity index (χ3v) is 4.27. The van der Waals surface area contributed by atoms with Crippen LogP contribution in [0.25, 0.3) is 0 Å². The Hall–Kier alpha value is -1.56. The first-order chi connectivity index (χ1) is 9.69. The summed E-state index contributed by atoms with van der Waals surface area (Å²) in [6.07, 6.45) is 1.14. The minimum absolute atomic E-state index is 0.0533. The molecule has 1 aromatic heterocycles. The van der Waals surface area contributed by atoms with Crippen LogP contribution in [0.5, 0.6) is 0 Å². The lowest BCUT2D eigenvalue weighted by Gasteiger charge is -2.19. The first-order valence-electron chi connectivity index (χ1n) is 7.01. The van der Waals surface area contributed by atoms with E-state index in [0.29, 0.717) is 12.1 Å². The average Bonchev–Trinajstić information content (AvgIpc) is 2.68. The van der Waals surface area contributed by atoms with Crippen LogP contribution in [0.3, 0.4) is 0 Å². The molecule has 21 heavy (non-hydrogen) atoms. The van der Waals surface area contributed by atoms with Crippen molar-refractivity contribution in [3.63, 3.8) is 0 Å². The van der Waals surface area contributed by atoms with Crippen LogP contribution in [0, 0.1) is 0 Å². The van der Waals surface area contributed by atoms with Crippen molar-refractivity contribution in [2.75, 3.05) is 5.32 Å². The molecule has 0 aromatic carbocycles. The molecular weight excluding hydrogens is 294 g/mol. The second-order valence-electron chi connectivity index (χ2n) is 6.17. The summed E-state index contributed by atoms with van der Waals surface area (Å²) in [5.41, 5.74) is -0.426. The monoisotopic (exact) mass is 313 g/mol. The summed E-state index contributed by atoms with van der Waals surface area (Å²) in [5, 5.41) is 12.6. The van der Waals surface area contributed by atoms with E-state index >= 15 is 0 Å². The van der Waals surface area contributed by atoms with Crippen LogP contribution in [0.4, 0.5) is 5.82 Å². The summed E-state index contributed by atoms with van der Waals surface area (Å²) in [6, 6.07) is -0.849. The summed E-state index contributed by atoms with van der Waals surface area (Å²) in [7, 11) is 0. The SMILES string of the molecule is CCC(C)Nc1nc(Cl)c2n(c1=O)[C@@H](C(=O)O)CC2(C)C. The van der Waals surface area contributed by atoms with Crippen LogP contribution in [-0.4, -0.2) is 26.7 Å². The Morgan fingerprint density at radius 1 is 1.62 bits per heavy atom. The molecule has 1 aromatic rings. The molecule has 0 radical (unpaired) electrons. The zero-order valence-electron chi connectivity index (χ0n) is 12.6. The molecular formula is C14H20ClN3O3. The molecule has 0 saturated carbocycles. The van der Waals surface area contributed by atoms with Crippen molar-refractivity contribution in [3.8, 4) is 0 Å². The Morgan fingerprint density at radius 3 is 2.76 bits per heavy atom. The molecule has 116 valence electrons. The van der Waals surface area contributed by atoms with Gasteiger partial charge in [-0.05, 0) is 19.8 Å². The number of anilines is 1. The van der Waals surface area contributed by atoms with Crippen molar-refractivity contribution < 1.29 is 9.90 Å². The van der Waals surface area contributed by atoms with Crippen molar-refractivity contribution >= 4 is 23.4 Å². The largest absolute Gasteiger partial charge is 0.480 e. The number of nitrogens with zero attached hydrogens (tertiary/aromatic N) is 2. The summed E-state index contributed by atoms with van der Waals surface area (Å²) < 4.78 is 1.28. The van der Waals surface area contributed by atoms with Gasteiger partial charge in [0.2, 0.25) is 0 Å². The molecule has 0 spiro atoms. The molecule has 0 bridgehead atoms. The van der Waals surface area contributed by atoms with Gasteiger partial charge in [0.05, 0.1) is 5.69 Å². The minimum atomic E-state index is -1.03. The second kappa shape index (κ2) is 5.33. The molecule has 2 heterocycles. The van der Waals surface area contributed by atoms with E-state index in [2.05, 4.69) is 10.3 Å². The minimum Gasteiger partial charge on any atom is -0.480 e. The van der Waals surface area contributed by atoms with Crippen molar-refractivity contribution in [1.82, 2.24) is 9.55 Å². The smallest absolute Gasteiger partial charge is 0.326 e. The van der Waals surface area contributed by atoms with Crippen molar-refractivity contribution in [1.29, 1.82) is 0 Å². The number of carboxylic acid groups (broad SMARTS) is 1. The van der Waals surface area contributed by atoms with E-state index in [-0.39, 0.29) is 17.0 Å². The molecule has 2 rings (SSSR count). The fourth-order valence-electron chi connectivity index (χ4n) is 2.72. The van der Waals surface area contributed by atoms with Gasteiger partial charge in [0.15, 0.2) is 11.0 Å². The molecule has 2 atom stereocenters. The average molecular weight is 314 g/mol. The van der Waals surface area contributed by atoms with E-state index in [9.17, 15) is 14.7 Å². The highest BCUT2D eigenvalue weighted by molar-refractivity contribution is 6.30. The topological polar surface area (TPSA) is 84.2 Å². The number of rotatable bonds is 4. The highest BCUT2D eigenvalue weighted by atomic mass is 35.5. The number of hydrogen-bond donors (Lipinski definition) is 2. The number of aromatic nitrogens is 2. The third kappa shape index (κ3) is 2.64. The van der Waals surface area contributed by atoms with Crippen LogP contribution in [0.15, 0.2) is 4.79 Å². The van der Waals surface area contributed by atoms with Gasteiger partial charge in [-0.2, -0.15) is 0 Å². The third-order valence-electron chi connectivity index (χ3n) is 4.00. The zero-order valence-corrected chi connectivity index (χ0v) is 13.4. The van der Waals surface area contributed by atoms with Crippen LogP contribution in [0.2, 0.25) is 5.15 Å². The fourth-order valence-corrected chi connectivity index (χ4v) is 3.15. The van der Waals surface area contributed by atoms with Crippen LogP contribution in [0.1, 0.15) is 52.3 Å². The predicted molar refractivity (Wildman–Crippen MR) is 81.2 cm³/mol. The highest BCUT2D eigenvalue weighted by Crippen LogP contribution is 2.42. The Labute approximate surface area is 128 Å². The lowest BCUT2D eigenvalue weighted by Crippen LogP contribution is -2.32. The molecule has 0 aliphatic carbocycles. The number of fused-ring (bicyclic) bond motifs is 1. The second-order valence-corrected chi connectivity index (χ2v) is 6.53. The standard InChI is InChI=1S/C14H20ClN3O3/c1-5-7(2)16-11-12(19)18-8(13(20)21)6-14(3,4)9(18)10(15)17-11/h7-8H,5-6H2,1-4H3,(H,16,17)(H,20,21)/t7?,8-/m1/s1. The summed E-state index contributed by atoms with van der Waals surface area (Å²) in [5.74, 6) is -0.914. The number of aliphatic carboxylic acids is 1. The van der Waals surface area contributed by atoms with Crippen molar-refractivity contribution in [2.24, 2.45) is 0 Å².